The highest BCUT2D eigenvalue weighted by Gasteiger charge is 2.24. The van der Waals surface area contributed by atoms with Gasteiger partial charge in [-0.1, -0.05) is 24.3 Å². The van der Waals surface area contributed by atoms with E-state index in [4.69, 9.17) is 9.47 Å². The van der Waals surface area contributed by atoms with E-state index in [9.17, 15) is 5.26 Å². The van der Waals surface area contributed by atoms with Crippen LogP contribution in [0.5, 0.6) is 11.5 Å². The third-order valence-corrected chi connectivity index (χ3v) is 4.32. The molecule has 0 spiro atoms. The van der Waals surface area contributed by atoms with E-state index in [2.05, 4.69) is 23.5 Å². The van der Waals surface area contributed by atoms with E-state index in [1.54, 1.807) is 14.2 Å². The molecule has 1 N–H and O–H groups in total. The van der Waals surface area contributed by atoms with Crippen molar-refractivity contribution in [3.8, 4) is 17.6 Å². The zero-order valence-electron chi connectivity index (χ0n) is 13.4. The standard InChI is InChI=1S/C19H20N2O2/c1-22-17-10-14-8-9-21-19(15(14)11-18(17)23-2)16(12-20)13-6-4-3-5-7-13/h3-6,10-11,13,21H,7-9H2,1-2H3/b19-16-. The number of fused-ring (bicyclic) bond motifs is 1. The summed E-state index contributed by atoms with van der Waals surface area (Å²) in [5.74, 6) is 1.53. The molecule has 0 amide bonds. The van der Waals surface area contributed by atoms with Crippen LogP contribution >= 0.6 is 0 Å². The number of nitrogens with zero attached hydrogens (tertiary/aromatic N) is 1. The molecule has 0 bridgehead atoms. The lowest BCUT2D eigenvalue weighted by Gasteiger charge is -2.26. The number of ether oxygens (including phenoxy) is 2. The number of hydrogen-bond donors (Lipinski definition) is 1. The third-order valence-electron chi connectivity index (χ3n) is 4.32. The highest BCUT2D eigenvalue weighted by molar-refractivity contribution is 5.76. The van der Waals surface area contributed by atoms with Crippen LogP contribution in [0, 0.1) is 17.2 Å². The van der Waals surface area contributed by atoms with E-state index in [1.165, 1.54) is 5.56 Å². The van der Waals surface area contributed by atoms with Gasteiger partial charge in [-0.2, -0.15) is 5.26 Å². The molecule has 23 heavy (non-hydrogen) atoms. The second kappa shape index (κ2) is 6.62. The van der Waals surface area contributed by atoms with Crippen LogP contribution in [-0.2, 0) is 6.42 Å². The van der Waals surface area contributed by atoms with Crippen molar-refractivity contribution in [1.82, 2.24) is 5.32 Å². The highest BCUT2D eigenvalue weighted by Crippen LogP contribution is 2.37. The molecule has 1 aliphatic heterocycles. The molecule has 0 aromatic heterocycles. The van der Waals surface area contributed by atoms with Gasteiger partial charge in [0.05, 0.1) is 31.6 Å². The molecule has 1 unspecified atom stereocenters. The van der Waals surface area contributed by atoms with Gasteiger partial charge in [-0.3, -0.25) is 0 Å². The van der Waals surface area contributed by atoms with Crippen molar-refractivity contribution in [2.45, 2.75) is 12.8 Å². The van der Waals surface area contributed by atoms with E-state index >= 15 is 0 Å². The highest BCUT2D eigenvalue weighted by atomic mass is 16.5. The summed E-state index contributed by atoms with van der Waals surface area (Å²) in [6.07, 6.45) is 9.96. The van der Waals surface area contributed by atoms with Crippen molar-refractivity contribution in [2.75, 3.05) is 20.8 Å². The van der Waals surface area contributed by atoms with Crippen molar-refractivity contribution >= 4 is 5.70 Å². The first-order chi connectivity index (χ1) is 11.3. The van der Waals surface area contributed by atoms with Crippen LogP contribution in [0.2, 0.25) is 0 Å². The van der Waals surface area contributed by atoms with Crippen LogP contribution in [0.4, 0.5) is 0 Å². The molecule has 1 aromatic carbocycles. The lowest BCUT2D eigenvalue weighted by Crippen LogP contribution is -2.25. The molecule has 1 aromatic rings. The molecule has 4 heteroatoms. The Hall–Kier alpha value is -2.67. The van der Waals surface area contributed by atoms with Crippen LogP contribution in [0.3, 0.4) is 0 Å². The van der Waals surface area contributed by atoms with Crippen molar-refractivity contribution in [3.63, 3.8) is 0 Å². The van der Waals surface area contributed by atoms with E-state index in [1.807, 2.05) is 24.3 Å². The molecule has 4 nitrogen and oxygen atoms in total. The first kappa shape index (κ1) is 15.2. The van der Waals surface area contributed by atoms with Crippen LogP contribution in [0.25, 0.3) is 5.70 Å². The maximum atomic E-state index is 9.72. The Balaban J connectivity index is 2.13. The van der Waals surface area contributed by atoms with Gasteiger partial charge in [-0.05, 0) is 30.5 Å². The summed E-state index contributed by atoms with van der Waals surface area (Å²) in [5, 5.41) is 13.1. The predicted molar refractivity (Wildman–Crippen MR) is 90.2 cm³/mol. The Morgan fingerprint density at radius 2 is 2.00 bits per heavy atom. The van der Waals surface area contributed by atoms with E-state index in [0.29, 0.717) is 5.75 Å². The summed E-state index contributed by atoms with van der Waals surface area (Å²) in [5.41, 5.74) is 3.91. The number of nitrogens with one attached hydrogen (secondary N) is 1. The fourth-order valence-electron chi connectivity index (χ4n) is 3.14. The second-order valence-corrected chi connectivity index (χ2v) is 5.60. The maximum Gasteiger partial charge on any atom is 0.161 e. The lowest BCUT2D eigenvalue weighted by molar-refractivity contribution is 0.354. The molecule has 1 heterocycles. The molecule has 1 aliphatic carbocycles. The van der Waals surface area contributed by atoms with Gasteiger partial charge >= 0.3 is 0 Å². The zero-order valence-corrected chi connectivity index (χ0v) is 13.4. The number of benzene rings is 1. The first-order valence-corrected chi connectivity index (χ1v) is 7.75. The van der Waals surface area contributed by atoms with E-state index < -0.39 is 0 Å². The second-order valence-electron chi connectivity index (χ2n) is 5.60. The van der Waals surface area contributed by atoms with Crippen molar-refractivity contribution in [3.05, 3.63) is 53.1 Å². The summed E-state index contributed by atoms with van der Waals surface area (Å²) >= 11 is 0. The van der Waals surface area contributed by atoms with Gasteiger partial charge in [0.2, 0.25) is 0 Å². The van der Waals surface area contributed by atoms with Gasteiger partial charge in [-0.15, -0.1) is 0 Å². The van der Waals surface area contributed by atoms with Gasteiger partial charge in [-0.25, -0.2) is 0 Å². The largest absolute Gasteiger partial charge is 0.493 e. The Morgan fingerprint density at radius 3 is 2.65 bits per heavy atom. The van der Waals surface area contributed by atoms with Gasteiger partial charge in [0.25, 0.3) is 0 Å². The van der Waals surface area contributed by atoms with Crippen LogP contribution < -0.4 is 14.8 Å². The third kappa shape index (κ3) is 2.83. The van der Waals surface area contributed by atoms with E-state index in [0.717, 1.165) is 42.0 Å². The minimum Gasteiger partial charge on any atom is -0.493 e. The fourth-order valence-corrected chi connectivity index (χ4v) is 3.14. The maximum absolute atomic E-state index is 9.72. The molecule has 0 radical (unpaired) electrons. The SMILES string of the molecule is COc1cc2c(cc1OC)/C(=C(\C#N)C1C=CC=CC1)NCC2. The molecular weight excluding hydrogens is 288 g/mol. The monoisotopic (exact) mass is 308 g/mol. The van der Waals surface area contributed by atoms with Crippen molar-refractivity contribution in [1.29, 1.82) is 5.26 Å². The Morgan fingerprint density at radius 1 is 1.22 bits per heavy atom. The molecule has 1 atom stereocenters. The lowest BCUT2D eigenvalue weighted by atomic mass is 9.87. The van der Waals surface area contributed by atoms with E-state index in [-0.39, 0.29) is 5.92 Å². The number of allylic oxidation sites excluding steroid dienone is 5. The van der Waals surface area contributed by atoms with Crippen LogP contribution in [-0.4, -0.2) is 20.8 Å². The summed E-state index contributed by atoms with van der Waals surface area (Å²) < 4.78 is 10.8. The summed E-state index contributed by atoms with van der Waals surface area (Å²) in [6, 6.07) is 6.39. The number of hydrogen-bond acceptors (Lipinski definition) is 4. The number of rotatable bonds is 3. The molecule has 2 aliphatic rings. The average molecular weight is 308 g/mol. The Labute approximate surface area is 136 Å². The fraction of sp³-hybridized carbons (Fsp3) is 0.316. The molecule has 0 saturated heterocycles. The summed E-state index contributed by atoms with van der Waals surface area (Å²) in [7, 11) is 3.27. The van der Waals surface area contributed by atoms with Crippen molar-refractivity contribution in [2.24, 2.45) is 5.92 Å². The van der Waals surface area contributed by atoms with Crippen molar-refractivity contribution < 1.29 is 9.47 Å². The van der Waals surface area contributed by atoms with Crippen LogP contribution in [0.1, 0.15) is 17.5 Å². The summed E-state index contributed by atoms with van der Waals surface area (Å²) in [4.78, 5) is 0. The predicted octanol–water partition coefficient (Wildman–Crippen LogP) is 3.22. The normalized spacial score (nSPS) is 21.0. The first-order valence-electron chi connectivity index (χ1n) is 7.75. The van der Waals surface area contributed by atoms with Gasteiger partial charge in [0.15, 0.2) is 11.5 Å². The number of methoxy groups -OCH3 is 2. The molecule has 0 saturated carbocycles. The molecule has 118 valence electrons. The smallest absolute Gasteiger partial charge is 0.161 e. The quantitative estimate of drug-likeness (QED) is 0.871. The van der Waals surface area contributed by atoms with Gasteiger partial charge in [0.1, 0.15) is 0 Å². The number of nitriles is 1. The molecule has 3 rings (SSSR count). The van der Waals surface area contributed by atoms with Crippen LogP contribution in [0.15, 0.2) is 42.0 Å². The Bertz CT molecular complexity index is 738. The molecule has 0 fully saturated rings. The zero-order chi connectivity index (χ0) is 16.2. The minimum atomic E-state index is 0.117. The Kier molecular flexibility index (Phi) is 4.38. The topological polar surface area (TPSA) is 54.3 Å². The van der Waals surface area contributed by atoms with Gasteiger partial charge < -0.3 is 14.8 Å². The minimum absolute atomic E-state index is 0.117. The molecular formula is C19H20N2O2. The summed E-state index contributed by atoms with van der Waals surface area (Å²) in [6.45, 7) is 0.815. The average Bonchev–Trinajstić information content (AvgIpc) is 2.62. The van der Waals surface area contributed by atoms with Gasteiger partial charge in [0, 0.05) is 18.0 Å².